The van der Waals surface area contributed by atoms with Crippen molar-refractivity contribution in [3.8, 4) is 0 Å². The van der Waals surface area contributed by atoms with Gasteiger partial charge in [-0.1, -0.05) is 27.2 Å². The van der Waals surface area contributed by atoms with Gasteiger partial charge in [0.25, 0.3) is 0 Å². The number of nitrogens with two attached hydrogens (primary N) is 1. The van der Waals surface area contributed by atoms with Crippen LogP contribution in [0.2, 0.25) is 0 Å². The predicted octanol–water partition coefficient (Wildman–Crippen LogP) is 2.02. The number of hydrazine groups is 1. The Kier molecular flexibility index (Phi) is 6.34. The minimum absolute atomic E-state index is 0.516. The van der Waals surface area contributed by atoms with Crippen molar-refractivity contribution in [1.82, 2.24) is 10.7 Å². The number of hydrogen-bond acceptors (Lipinski definition) is 2. The molecular formula is C13H28N4. The van der Waals surface area contributed by atoms with Crippen molar-refractivity contribution in [3.63, 3.8) is 0 Å². The molecular weight excluding hydrogens is 212 g/mol. The van der Waals surface area contributed by atoms with Gasteiger partial charge in [-0.2, -0.15) is 0 Å². The molecule has 0 bridgehead atoms. The van der Waals surface area contributed by atoms with Gasteiger partial charge in [-0.15, -0.1) is 0 Å². The number of nitrogens with one attached hydrogen (secondary N) is 2. The van der Waals surface area contributed by atoms with E-state index in [0.717, 1.165) is 24.8 Å². The van der Waals surface area contributed by atoms with Crippen molar-refractivity contribution < 1.29 is 0 Å². The molecule has 0 aliphatic heterocycles. The monoisotopic (exact) mass is 240 g/mol. The molecule has 4 N–H and O–H groups in total. The molecule has 0 amide bonds. The fourth-order valence-electron chi connectivity index (χ4n) is 2.54. The number of rotatable bonds is 4. The Balaban J connectivity index is 2.41. The van der Waals surface area contributed by atoms with Crippen molar-refractivity contribution in [2.24, 2.45) is 22.7 Å². The summed E-state index contributed by atoms with van der Waals surface area (Å²) in [6.45, 7) is 7.67. The molecule has 4 heteroatoms. The zero-order chi connectivity index (χ0) is 12.7. The first-order valence-electron chi connectivity index (χ1n) is 6.95. The summed E-state index contributed by atoms with van der Waals surface area (Å²) in [7, 11) is 0. The average Bonchev–Trinajstić information content (AvgIpc) is 2.31. The first-order valence-corrected chi connectivity index (χ1v) is 6.95. The summed E-state index contributed by atoms with van der Waals surface area (Å²) in [5.41, 5.74) is 2.68. The number of nitrogens with zero attached hydrogens (tertiary/aromatic N) is 1. The van der Waals surface area contributed by atoms with E-state index in [1.54, 1.807) is 0 Å². The molecule has 0 aromatic heterocycles. The molecule has 1 fully saturated rings. The quantitative estimate of drug-likeness (QED) is 0.232. The average molecular weight is 240 g/mol. The highest BCUT2D eigenvalue weighted by atomic mass is 15.3. The normalized spacial score (nSPS) is 30.1. The second-order valence-electron chi connectivity index (χ2n) is 5.37. The Morgan fingerprint density at radius 1 is 1.35 bits per heavy atom. The second-order valence-corrected chi connectivity index (χ2v) is 5.37. The minimum Gasteiger partial charge on any atom is -0.352 e. The summed E-state index contributed by atoms with van der Waals surface area (Å²) in [5, 5.41) is 3.45. The maximum atomic E-state index is 5.50. The number of hydrogen-bond donors (Lipinski definition) is 3. The Morgan fingerprint density at radius 2 is 2.12 bits per heavy atom. The van der Waals surface area contributed by atoms with Crippen LogP contribution >= 0.6 is 0 Å². The maximum Gasteiger partial charge on any atom is 0.205 e. The Hall–Kier alpha value is -0.770. The molecule has 1 aliphatic rings. The van der Waals surface area contributed by atoms with Crippen molar-refractivity contribution in [3.05, 3.63) is 0 Å². The summed E-state index contributed by atoms with van der Waals surface area (Å²) in [4.78, 5) is 4.45. The molecule has 1 rings (SSSR count). The van der Waals surface area contributed by atoms with Gasteiger partial charge in [-0.05, 0) is 37.5 Å². The van der Waals surface area contributed by atoms with E-state index in [1.165, 1.54) is 25.7 Å². The smallest absolute Gasteiger partial charge is 0.205 e. The van der Waals surface area contributed by atoms with Gasteiger partial charge in [0.1, 0.15) is 0 Å². The van der Waals surface area contributed by atoms with Gasteiger partial charge < -0.3 is 5.32 Å². The lowest BCUT2D eigenvalue weighted by Crippen LogP contribution is -2.50. The van der Waals surface area contributed by atoms with Gasteiger partial charge in [0.2, 0.25) is 5.96 Å². The van der Waals surface area contributed by atoms with Crippen LogP contribution in [-0.2, 0) is 0 Å². The van der Waals surface area contributed by atoms with Crippen LogP contribution in [0.3, 0.4) is 0 Å². The van der Waals surface area contributed by atoms with Gasteiger partial charge in [0.15, 0.2) is 0 Å². The van der Waals surface area contributed by atoms with Crippen LogP contribution in [0.1, 0.15) is 52.9 Å². The fourth-order valence-corrected chi connectivity index (χ4v) is 2.54. The Bertz CT molecular complexity index is 240. The minimum atomic E-state index is 0.516. The lowest BCUT2D eigenvalue weighted by molar-refractivity contribution is 0.246. The second kappa shape index (κ2) is 7.54. The molecule has 1 aliphatic carbocycles. The van der Waals surface area contributed by atoms with Gasteiger partial charge in [-0.3, -0.25) is 10.4 Å². The zero-order valence-electron chi connectivity index (χ0n) is 11.5. The third kappa shape index (κ3) is 4.94. The van der Waals surface area contributed by atoms with E-state index in [1.807, 2.05) is 0 Å². The zero-order valence-corrected chi connectivity index (χ0v) is 11.5. The molecule has 0 saturated heterocycles. The molecule has 3 unspecified atom stereocenters. The SMILES string of the molecule is CCCCN=C(NN)NC1CCC(C)CC1C. The predicted molar refractivity (Wildman–Crippen MR) is 73.6 cm³/mol. The van der Waals surface area contributed by atoms with Crippen LogP contribution in [-0.4, -0.2) is 18.5 Å². The van der Waals surface area contributed by atoms with Gasteiger partial charge in [-0.25, -0.2) is 5.84 Å². The van der Waals surface area contributed by atoms with Crippen LogP contribution in [0.15, 0.2) is 4.99 Å². The van der Waals surface area contributed by atoms with E-state index in [0.29, 0.717) is 12.0 Å². The molecule has 0 spiro atoms. The summed E-state index contributed by atoms with van der Waals surface area (Å²) in [6, 6.07) is 0.516. The largest absolute Gasteiger partial charge is 0.352 e. The van der Waals surface area contributed by atoms with E-state index < -0.39 is 0 Å². The highest BCUT2D eigenvalue weighted by Crippen LogP contribution is 2.28. The van der Waals surface area contributed by atoms with E-state index in [9.17, 15) is 0 Å². The maximum absolute atomic E-state index is 5.50. The summed E-state index contributed by atoms with van der Waals surface area (Å²) >= 11 is 0. The van der Waals surface area contributed by atoms with Crippen molar-refractivity contribution >= 4 is 5.96 Å². The number of unbranched alkanes of at least 4 members (excludes halogenated alkanes) is 1. The summed E-state index contributed by atoms with van der Waals surface area (Å²) in [5.74, 6) is 7.81. The van der Waals surface area contributed by atoms with Crippen molar-refractivity contribution in [2.45, 2.75) is 58.9 Å². The highest BCUT2D eigenvalue weighted by molar-refractivity contribution is 5.79. The highest BCUT2D eigenvalue weighted by Gasteiger charge is 2.25. The molecule has 1 saturated carbocycles. The Morgan fingerprint density at radius 3 is 2.71 bits per heavy atom. The number of aliphatic imine (C=N–C) groups is 1. The van der Waals surface area contributed by atoms with Crippen LogP contribution in [0, 0.1) is 11.8 Å². The van der Waals surface area contributed by atoms with E-state index >= 15 is 0 Å². The first kappa shape index (κ1) is 14.3. The van der Waals surface area contributed by atoms with E-state index in [-0.39, 0.29) is 0 Å². The molecule has 17 heavy (non-hydrogen) atoms. The first-order chi connectivity index (χ1) is 8.17. The molecule has 0 aromatic rings. The van der Waals surface area contributed by atoms with Crippen molar-refractivity contribution in [1.29, 1.82) is 0 Å². The van der Waals surface area contributed by atoms with Gasteiger partial charge in [0.05, 0.1) is 0 Å². The molecule has 0 radical (unpaired) electrons. The van der Waals surface area contributed by atoms with E-state index in [4.69, 9.17) is 5.84 Å². The summed E-state index contributed by atoms with van der Waals surface area (Å²) < 4.78 is 0. The third-order valence-corrected chi connectivity index (χ3v) is 3.67. The van der Waals surface area contributed by atoms with E-state index in [2.05, 4.69) is 36.5 Å². The van der Waals surface area contributed by atoms with Gasteiger partial charge in [0, 0.05) is 12.6 Å². The Labute approximate surface area is 105 Å². The van der Waals surface area contributed by atoms with Crippen molar-refractivity contribution in [2.75, 3.05) is 6.54 Å². The van der Waals surface area contributed by atoms with Crippen LogP contribution in [0.25, 0.3) is 0 Å². The topological polar surface area (TPSA) is 62.4 Å². The third-order valence-electron chi connectivity index (χ3n) is 3.67. The fraction of sp³-hybridized carbons (Fsp3) is 0.923. The molecule has 0 heterocycles. The van der Waals surface area contributed by atoms with Crippen LogP contribution in [0.5, 0.6) is 0 Å². The summed E-state index contributed by atoms with van der Waals surface area (Å²) in [6.07, 6.45) is 6.10. The lowest BCUT2D eigenvalue weighted by Gasteiger charge is -2.33. The van der Waals surface area contributed by atoms with Crippen LogP contribution < -0.4 is 16.6 Å². The van der Waals surface area contributed by atoms with Gasteiger partial charge >= 0.3 is 0 Å². The molecule has 0 aromatic carbocycles. The molecule has 4 nitrogen and oxygen atoms in total. The molecule has 100 valence electrons. The van der Waals surface area contributed by atoms with Crippen LogP contribution in [0.4, 0.5) is 0 Å². The molecule has 3 atom stereocenters. The standard InChI is InChI=1S/C13H28N4/c1-4-5-8-15-13(17-14)16-12-7-6-10(2)9-11(12)3/h10-12H,4-9,14H2,1-3H3,(H2,15,16,17). The number of guanidine groups is 1. The lowest BCUT2D eigenvalue weighted by atomic mass is 9.80.